The van der Waals surface area contributed by atoms with Crippen molar-refractivity contribution in [1.82, 2.24) is 10.6 Å². The van der Waals surface area contributed by atoms with Gasteiger partial charge in [0.1, 0.15) is 18.2 Å². The first-order valence-corrected chi connectivity index (χ1v) is 7.43. The average Bonchev–Trinajstić information content (AvgIpc) is 2.52. The quantitative estimate of drug-likeness (QED) is 0.784. The molecule has 0 saturated heterocycles. The van der Waals surface area contributed by atoms with Gasteiger partial charge in [-0.25, -0.2) is 23.2 Å². The van der Waals surface area contributed by atoms with Gasteiger partial charge in [0.15, 0.2) is 0 Å². The SMILES string of the molecule is CCOC(=O)C1=C(COC(=O)c2ccc(F)cc2F)NC(=O)N[C@H]1C. The molecule has 1 aliphatic rings. The highest BCUT2D eigenvalue weighted by atomic mass is 19.1. The van der Waals surface area contributed by atoms with Gasteiger partial charge < -0.3 is 20.1 Å². The summed E-state index contributed by atoms with van der Waals surface area (Å²) in [5.41, 5.74) is -0.340. The van der Waals surface area contributed by atoms with Gasteiger partial charge in [-0.05, 0) is 26.0 Å². The number of carbonyl (C=O) groups excluding carboxylic acids is 3. The van der Waals surface area contributed by atoms with Crippen LogP contribution in [0.5, 0.6) is 0 Å². The summed E-state index contributed by atoms with van der Waals surface area (Å²) in [5.74, 6) is -3.65. The van der Waals surface area contributed by atoms with Crippen molar-refractivity contribution in [3.8, 4) is 0 Å². The highest BCUT2D eigenvalue weighted by Crippen LogP contribution is 2.16. The van der Waals surface area contributed by atoms with Crippen LogP contribution in [0.2, 0.25) is 0 Å². The van der Waals surface area contributed by atoms with E-state index in [4.69, 9.17) is 9.47 Å². The summed E-state index contributed by atoms with van der Waals surface area (Å²) in [6.07, 6.45) is 0. The van der Waals surface area contributed by atoms with E-state index in [1.807, 2.05) is 0 Å². The number of esters is 2. The largest absolute Gasteiger partial charge is 0.463 e. The predicted molar refractivity (Wildman–Crippen MR) is 81.4 cm³/mol. The molecule has 0 spiro atoms. The second kappa shape index (κ2) is 7.73. The number of urea groups is 1. The first kappa shape index (κ1) is 18.4. The number of benzene rings is 1. The molecule has 0 bridgehead atoms. The van der Waals surface area contributed by atoms with Gasteiger partial charge in [-0.2, -0.15) is 0 Å². The molecule has 2 N–H and O–H groups in total. The molecule has 0 unspecified atom stereocenters. The molecule has 134 valence electrons. The number of halogens is 2. The van der Waals surface area contributed by atoms with Gasteiger partial charge in [0, 0.05) is 6.07 Å². The van der Waals surface area contributed by atoms with Crippen molar-refractivity contribution in [1.29, 1.82) is 0 Å². The number of carbonyl (C=O) groups is 3. The van der Waals surface area contributed by atoms with E-state index in [-0.39, 0.29) is 17.9 Å². The van der Waals surface area contributed by atoms with Gasteiger partial charge in [-0.3, -0.25) is 0 Å². The van der Waals surface area contributed by atoms with Gasteiger partial charge >= 0.3 is 18.0 Å². The molecule has 2 amide bonds. The molecular formula is C16H16F2N2O5. The summed E-state index contributed by atoms with van der Waals surface area (Å²) in [4.78, 5) is 35.5. The van der Waals surface area contributed by atoms with Gasteiger partial charge in [-0.15, -0.1) is 0 Å². The van der Waals surface area contributed by atoms with Crippen LogP contribution in [0.25, 0.3) is 0 Å². The third kappa shape index (κ3) is 4.31. The second-order valence-electron chi connectivity index (χ2n) is 5.13. The van der Waals surface area contributed by atoms with Gasteiger partial charge in [0.05, 0.1) is 29.5 Å². The second-order valence-corrected chi connectivity index (χ2v) is 5.13. The van der Waals surface area contributed by atoms with E-state index in [1.54, 1.807) is 13.8 Å². The Kier molecular flexibility index (Phi) is 5.68. The zero-order valence-electron chi connectivity index (χ0n) is 13.5. The van der Waals surface area contributed by atoms with E-state index in [1.165, 1.54) is 0 Å². The van der Waals surface area contributed by atoms with Crippen LogP contribution >= 0.6 is 0 Å². The van der Waals surface area contributed by atoms with Crippen molar-refractivity contribution >= 4 is 18.0 Å². The van der Waals surface area contributed by atoms with E-state index in [9.17, 15) is 23.2 Å². The van der Waals surface area contributed by atoms with Gasteiger partial charge in [-0.1, -0.05) is 0 Å². The zero-order valence-corrected chi connectivity index (χ0v) is 13.5. The van der Waals surface area contributed by atoms with Crippen molar-refractivity contribution < 1.29 is 32.6 Å². The average molecular weight is 354 g/mol. The number of ether oxygens (including phenoxy) is 2. The molecular weight excluding hydrogens is 338 g/mol. The number of hydrogen-bond acceptors (Lipinski definition) is 5. The summed E-state index contributed by atoms with van der Waals surface area (Å²) in [6.45, 7) is 2.82. The van der Waals surface area contributed by atoms with Crippen molar-refractivity contribution in [2.75, 3.05) is 13.2 Å². The van der Waals surface area contributed by atoms with E-state index in [0.29, 0.717) is 6.07 Å². The Hall–Kier alpha value is -2.97. The van der Waals surface area contributed by atoms with Crippen LogP contribution in [0.4, 0.5) is 13.6 Å². The normalized spacial score (nSPS) is 16.8. The van der Waals surface area contributed by atoms with Gasteiger partial charge in [0.25, 0.3) is 0 Å². The third-order valence-corrected chi connectivity index (χ3v) is 3.36. The Morgan fingerprint density at radius 3 is 2.56 bits per heavy atom. The lowest BCUT2D eigenvalue weighted by molar-refractivity contribution is -0.139. The Bertz CT molecular complexity index is 748. The fourth-order valence-corrected chi connectivity index (χ4v) is 2.26. The maximum absolute atomic E-state index is 13.6. The first-order chi connectivity index (χ1) is 11.8. The Labute approximate surface area is 142 Å². The summed E-state index contributed by atoms with van der Waals surface area (Å²) in [7, 11) is 0. The number of nitrogens with one attached hydrogen (secondary N) is 2. The van der Waals surface area contributed by atoms with Crippen molar-refractivity contribution in [2.45, 2.75) is 19.9 Å². The smallest absolute Gasteiger partial charge is 0.341 e. The molecule has 25 heavy (non-hydrogen) atoms. The van der Waals surface area contributed by atoms with E-state index < -0.39 is 47.8 Å². The number of amides is 2. The molecule has 1 heterocycles. The van der Waals surface area contributed by atoms with Crippen molar-refractivity contribution in [2.24, 2.45) is 0 Å². The highest BCUT2D eigenvalue weighted by molar-refractivity contribution is 5.95. The monoisotopic (exact) mass is 354 g/mol. The number of rotatable bonds is 5. The third-order valence-electron chi connectivity index (χ3n) is 3.36. The van der Waals surface area contributed by atoms with Gasteiger partial charge in [0.2, 0.25) is 0 Å². The van der Waals surface area contributed by atoms with Crippen LogP contribution in [0, 0.1) is 11.6 Å². The minimum atomic E-state index is -1.08. The standard InChI is InChI=1S/C16H16F2N2O5/c1-3-24-15(22)13-8(2)19-16(23)20-12(13)7-25-14(21)10-5-4-9(17)6-11(10)18/h4-6,8H,3,7H2,1-2H3,(H2,19,20,23)/t8-/m0/s1. The molecule has 9 heteroatoms. The Morgan fingerprint density at radius 2 is 1.92 bits per heavy atom. The maximum atomic E-state index is 13.6. The molecule has 2 rings (SSSR count). The van der Waals surface area contributed by atoms with E-state index in [0.717, 1.165) is 12.1 Å². The van der Waals surface area contributed by atoms with E-state index >= 15 is 0 Å². The molecule has 7 nitrogen and oxygen atoms in total. The Balaban J connectivity index is 2.19. The molecule has 1 atom stereocenters. The fraction of sp³-hybridized carbons (Fsp3) is 0.312. The van der Waals surface area contributed by atoms with Crippen LogP contribution in [0.15, 0.2) is 29.5 Å². The minimum absolute atomic E-state index is 0.0329. The molecule has 1 aliphatic heterocycles. The molecule has 0 fully saturated rings. The predicted octanol–water partition coefficient (Wildman–Crippen LogP) is 1.64. The first-order valence-electron chi connectivity index (χ1n) is 7.43. The lowest BCUT2D eigenvalue weighted by Crippen LogP contribution is -2.50. The lowest BCUT2D eigenvalue weighted by atomic mass is 10.0. The van der Waals surface area contributed by atoms with Crippen LogP contribution in [-0.4, -0.2) is 37.2 Å². The minimum Gasteiger partial charge on any atom is -0.463 e. The van der Waals surface area contributed by atoms with Crippen LogP contribution < -0.4 is 10.6 Å². The zero-order chi connectivity index (χ0) is 18.6. The van der Waals surface area contributed by atoms with Crippen molar-refractivity contribution in [3.63, 3.8) is 0 Å². The molecule has 0 saturated carbocycles. The molecule has 1 aromatic rings. The molecule has 0 radical (unpaired) electrons. The maximum Gasteiger partial charge on any atom is 0.341 e. The molecule has 0 aliphatic carbocycles. The Morgan fingerprint density at radius 1 is 1.20 bits per heavy atom. The fourth-order valence-electron chi connectivity index (χ4n) is 2.26. The molecule has 1 aromatic carbocycles. The topological polar surface area (TPSA) is 93.7 Å². The summed E-state index contributed by atoms with van der Waals surface area (Å²) in [6, 6.07) is 1.16. The lowest BCUT2D eigenvalue weighted by Gasteiger charge is -2.26. The summed E-state index contributed by atoms with van der Waals surface area (Å²) >= 11 is 0. The van der Waals surface area contributed by atoms with Crippen LogP contribution in [0.1, 0.15) is 24.2 Å². The van der Waals surface area contributed by atoms with Crippen molar-refractivity contribution in [3.05, 3.63) is 46.7 Å². The summed E-state index contributed by atoms with van der Waals surface area (Å²) in [5, 5.41) is 4.85. The van der Waals surface area contributed by atoms with E-state index in [2.05, 4.69) is 10.6 Å². The highest BCUT2D eigenvalue weighted by Gasteiger charge is 2.30. The van der Waals surface area contributed by atoms with Crippen LogP contribution in [-0.2, 0) is 14.3 Å². The van der Waals surface area contributed by atoms with Crippen LogP contribution in [0.3, 0.4) is 0 Å². The number of hydrogen-bond donors (Lipinski definition) is 2. The molecule has 0 aromatic heterocycles. The summed E-state index contributed by atoms with van der Waals surface area (Å²) < 4.78 is 36.3.